The molecule has 5 aliphatic carbocycles. The molecule has 5 rings (SSSR count). The summed E-state index contributed by atoms with van der Waals surface area (Å²) in [5.41, 5.74) is 1.84. The van der Waals surface area contributed by atoms with Gasteiger partial charge in [-0.3, -0.25) is 4.79 Å². The maximum Gasteiger partial charge on any atom is 0.142 e. The zero-order valence-electron chi connectivity index (χ0n) is 13.8. The van der Waals surface area contributed by atoms with Gasteiger partial charge in [0.1, 0.15) is 5.78 Å². The first-order valence-electron chi connectivity index (χ1n) is 9.37. The Balaban J connectivity index is 1.54. The molecule has 0 aromatic rings. The van der Waals surface area contributed by atoms with E-state index in [1.165, 1.54) is 24.8 Å². The van der Waals surface area contributed by atoms with E-state index in [2.05, 4.69) is 19.9 Å². The van der Waals surface area contributed by atoms with Gasteiger partial charge in [-0.1, -0.05) is 25.5 Å². The quantitative estimate of drug-likeness (QED) is 0.692. The Morgan fingerprint density at radius 1 is 1.14 bits per heavy atom. The monoisotopic (exact) mass is 300 g/mol. The second kappa shape index (κ2) is 4.06. The lowest BCUT2D eigenvalue weighted by atomic mass is 9.47. The molecule has 5 aliphatic rings. The van der Waals surface area contributed by atoms with Crippen LogP contribution in [-0.2, 0) is 4.79 Å². The molecular formula is C20H28O2. The fourth-order valence-electron chi connectivity index (χ4n) is 7.31. The molecule has 120 valence electrons. The number of carbonyl (C=O) groups is 1. The van der Waals surface area contributed by atoms with Gasteiger partial charge in [-0.25, -0.2) is 0 Å². The van der Waals surface area contributed by atoms with Crippen LogP contribution in [0.3, 0.4) is 0 Å². The summed E-state index contributed by atoms with van der Waals surface area (Å²) in [6, 6.07) is 0. The van der Waals surface area contributed by atoms with Gasteiger partial charge in [0, 0.05) is 11.3 Å². The van der Waals surface area contributed by atoms with Gasteiger partial charge >= 0.3 is 0 Å². The Morgan fingerprint density at radius 3 is 2.73 bits per heavy atom. The van der Waals surface area contributed by atoms with E-state index in [9.17, 15) is 9.90 Å². The smallest absolute Gasteiger partial charge is 0.142 e. The van der Waals surface area contributed by atoms with Crippen LogP contribution >= 0.6 is 0 Å². The van der Waals surface area contributed by atoms with Crippen molar-refractivity contribution in [1.29, 1.82) is 0 Å². The molecule has 2 heteroatoms. The molecule has 4 saturated carbocycles. The van der Waals surface area contributed by atoms with Gasteiger partial charge in [0.25, 0.3) is 0 Å². The van der Waals surface area contributed by atoms with Gasteiger partial charge in [-0.15, -0.1) is 0 Å². The van der Waals surface area contributed by atoms with Crippen LogP contribution in [0.4, 0.5) is 0 Å². The molecule has 0 amide bonds. The number of ketones is 1. The Kier molecular flexibility index (Phi) is 2.54. The van der Waals surface area contributed by atoms with Gasteiger partial charge in [0.05, 0.1) is 6.10 Å². The highest BCUT2D eigenvalue weighted by Gasteiger charge is 2.70. The zero-order chi connectivity index (χ0) is 15.3. The van der Waals surface area contributed by atoms with Crippen molar-refractivity contribution in [2.24, 2.45) is 40.4 Å². The Morgan fingerprint density at radius 2 is 1.91 bits per heavy atom. The first-order chi connectivity index (χ1) is 10.4. The summed E-state index contributed by atoms with van der Waals surface area (Å²) in [7, 11) is 0. The van der Waals surface area contributed by atoms with Crippen molar-refractivity contribution in [2.45, 2.75) is 64.9 Å². The molecule has 4 fully saturated rings. The first kappa shape index (κ1) is 13.8. The lowest BCUT2D eigenvalue weighted by molar-refractivity contribution is -0.135. The van der Waals surface area contributed by atoms with Crippen molar-refractivity contribution in [3.05, 3.63) is 11.6 Å². The average Bonchev–Trinajstić information content (AvgIpc) is 3.22. The Bertz CT molecular complexity index is 578. The SMILES string of the molecule is C[C@]12CCC(O)CC1=CC[C@@H]1[C@@H]2CC[C@]2(C)C(=O)C3CC3[C@@H]12. The number of aliphatic hydroxyl groups is 1. The Hall–Kier alpha value is -0.630. The average molecular weight is 300 g/mol. The van der Waals surface area contributed by atoms with E-state index >= 15 is 0 Å². The predicted molar refractivity (Wildman–Crippen MR) is 85.1 cm³/mol. The normalized spacial score (nSPS) is 59.0. The number of fused-ring (bicyclic) bond motifs is 7. The summed E-state index contributed by atoms with van der Waals surface area (Å²) in [6.07, 6.45) is 10.1. The number of allylic oxidation sites excluding steroid dienone is 1. The van der Waals surface area contributed by atoms with Crippen LogP contribution in [0.25, 0.3) is 0 Å². The minimum absolute atomic E-state index is 0.00460. The lowest BCUT2D eigenvalue weighted by Crippen LogP contribution is -2.51. The van der Waals surface area contributed by atoms with Crippen LogP contribution in [0.2, 0.25) is 0 Å². The summed E-state index contributed by atoms with van der Waals surface area (Å²) >= 11 is 0. The van der Waals surface area contributed by atoms with Gasteiger partial charge in [-0.05, 0) is 74.0 Å². The third-order valence-corrected chi connectivity index (χ3v) is 8.53. The van der Waals surface area contributed by atoms with Crippen LogP contribution in [0.5, 0.6) is 0 Å². The maximum absolute atomic E-state index is 12.7. The van der Waals surface area contributed by atoms with Gasteiger partial charge in [-0.2, -0.15) is 0 Å². The molecule has 0 aromatic carbocycles. The number of aliphatic hydroxyl groups excluding tert-OH is 1. The van der Waals surface area contributed by atoms with E-state index in [1.807, 2.05) is 0 Å². The summed E-state index contributed by atoms with van der Waals surface area (Å²) in [6.45, 7) is 4.75. The van der Waals surface area contributed by atoms with E-state index < -0.39 is 0 Å². The third kappa shape index (κ3) is 1.48. The van der Waals surface area contributed by atoms with E-state index in [0.29, 0.717) is 23.0 Å². The molecule has 0 saturated heterocycles. The second-order valence-electron chi connectivity index (χ2n) is 9.40. The molecule has 0 aliphatic heterocycles. The van der Waals surface area contributed by atoms with Crippen LogP contribution in [0.1, 0.15) is 58.8 Å². The fourth-order valence-corrected chi connectivity index (χ4v) is 7.31. The van der Waals surface area contributed by atoms with Crippen LogP contribution in [0, 0.1) is 40.4 Å². The lowest BCUT2D eigenvalue weighted by Gasteiger charge is -2.57. The Labute approximate surface area is 133 Å². The maximum atomic E-state index is 12.7. The molecular weight excluding hydrogens is 272 g/mol. The number of hydrogen-bond donors (Lipinski definition) is 1. The molecule has 0 spiro atoms. The number of carbonyl (C=O) groups excluding carboxylic acids is 1. The van der Waals surface area contributed by atoms with Crippen molar-refractivity contribution >= 4 is 5.78 Å². The third-order valence-electron chi connectivity index (χ3n) is 8.53. The van der Waals surface area contributed by atoms with Crippen molar-refractivity contribution < 1.29 is 9.90 Å². The van der Waals surface area contributed by atoms with Gasteiger partial charge in [0.15, 0.2) is 0 Å². The highest BCUT2D eigenvalue weighted by molar-refractivity contribution is 5.92. The highest BCUT2D eigenvalue weighted by atomic mass is 16.3. The van der Waals surface area contributed by atoms with E-state index in [0.717, 1.165) is 43.4 Å². The van der Waals surface area contributed by atoms with Crippen LogP contribution in [-0.4, -0.2) is 17.0 Å². The largest absolute Gasteiger partial charge is 0.393 e. The van der Waals surface area contributed by atoms with Crippen molar-refractivity contribution in [3.8, 4) is 0 Å². The highest BCUT2D eigenvalue weighted by Crippen LogP contribution is 2.71. The molecule has 3 unspecified atom stereocenters. The topological polar surface area (TPSA) is 37.3 Å². The number of rotatable bonds is 0. The van der Waals surface area contributed by atoms with E-state index in [-0.39, 0.29) is 11.5 Å². The zero-order valence-corrected chi connectivity index (χ0v) is 13.8. The second-order valence-corrected chi connectivity index (χ2v) is 9.40. The molecule has 8 atom stereocenters. The number of hydrogen-bond acceptors (Lipinski definition) is 2. The summed E-state index contributed by atoms with van der Waals surface area (Å²) < 4.78 is 0. The molecule has 2 nitrogen and oxygen atoms in total. The summed E-state index contributed by atoms with van der Waals surface area (Å²) in [5, 5.41) is 10.0. The van der Waals surface area contributed by atoms with Gasteiger partial charge < -0.3 is 5.11 Å². The minimum Gasteiger partial charge on any atom is -0.393 e. The molecule has 0 bridgehead atoms. The van der Waals surface area contributed by atoms with E-state index in [1.54, 1.807) is 0 Å². The predicted octanol–water partition coefficient (Wildman–Crippen LogP) is 3.74. The fraction of sp³-hybridized carbons (Fsp3) is 0.850. The van der Waals surface area contributed by atoms with Crippen molar-refractivity contribution in [1.82, 2.24) is 0 Å². The first-order valence-corrected chi connectivity index (χ1v) is 9.37. The molecule has 0 aromatic heterocycles. The standard InChI is InChI=1S/C20H28O2/c1-19-7-5-12(21)9-11(19)3-4-13-16(19)6-8-20(2)17(13)14-10-15(14)18(20)22/h3,12-17,21H,4-10H2,1-2H3/t12?,13-,14?,15?,16+,17-,19+,20+/m1/s1. The van der Waals surface area contributed by atoms with Crippen molar-refractivity contribution in [2.75, 3.05) is 0 Å². The molecule has 0 radical (unpaired) electrons. The van der Waals surface area contributed by atoms with Crippen molar-refractivity contribution in [3.63, 3.8) is 0 Å². The van der Waals surface area contributed by atoms with E-state index in [4.69, 9.17) is 0 Å². The molecule has 1 N–H and O–H groups in total. The van der Waals surface area contributed by atoms with Crippen LogP contribution < -0.4 is 0 Å². The van der Waals surface area contributed by atoms with Crippen LogP contribution in [0.15, 0.2) is 11.6 Å². The molecule has 22 heavy (non-hydrogen) atoms. The summed E-state index contributed by atoms with van der Waals surface area (Å²) in [4.78, 5) is 12.7. The summed E-state index contributed by atoms with van der Waals surface area (Å²) in [5.74, 6) is 3.90. The minimum atomic E-state index is -0.120. The number of Topliss-reactive ketones (excluding diaryl/α,β-unsaturated/α-hetero) is 1. The molecule has 0 heterocycles. The van der Waals surface area contributed by atoms with Gasteiger partial charge in [0.2, 0.25) is 0 Å².